The highest BCUT2D eigenvalue weighted by Crippen LogP contribution is 2.29. The van der Waals surface area contributed by atoms with Gasteiger partial charge in [-0.05, 0) is 48.1 Å². The fraction of sp³-hybridized carbons (Fsp3) is 0.240. The minimum absolute atomic E-state index is 0.0411. The highest BCUT2D eigenvalue weighted by molar-refractivity contribution is 7.98. The summed E-state index contributed by atoms with van der Waals surface area (Å²) in [5.41, 5.74) is 4.31. The average Bonchev–Trinajstić information content (AvgIpc) is 3.50. The summed E-state index contributed by atoms with van der Waals surface area (Å²) < 4.78 is 15.2. The summed E-state index contributed by atoms with van der Waals surface area (Å²) in [5, 5.41) is 11.6. The highest BCUT2D eigenvalue weighted by atomic mass is 32.2. The predicted molar refractivity (Wildman–Crippen MR) is 137 cm³/mol. The Morgan fingerprint density at radius 3 is 2.65 bits per heavy atom. The van der Waals surface area contributed by atoms with Crippen LogP contribution in [0.1, 0.15) is 16.7 Å². The van der Waals surface area contributed by atoms with Gasteiger partial charge in [-0.1, -0.05) is 47.7 Å². The molecule has 0 amide bonds. The standard InChI is InChI=1S/C25H24N4O3S2/c1-16-5-4-6-18(13-16)15-34-25-27-26-24-28(23(30)22-19(29(24)25)10-12-33-22)11-9-17-7-8-20(31-2)21(14-17)32-3/h4-8,10,12-14H,9,11,15H2,1-3H3. The Morgan fingerprint density at radius 2 is 1.85 bits per heavy atom. The molecule has 0 saturated heterocycles. The number of thiophene rings is 1. The number of rotatable bonds is 8. The zero-order valence-corrected chi connectivity index (χ0v) is 20.8. The third-order valence-electron chi connectivity index (χ3n) is 5.70. The summed E-state index contributed by atoms with van der Waals surface area (Å²) in [5.74, 6) is 2.68. The topological polar surface area (TPSA) is 70.7 Å². The van der Waals surface area contributed by atoms with Crippen molar-refractivity contribution in [2.75, 3.05) is 14.2 Å². The average molecular weight is 493 g/mol. The van der Waals surface area contributed by atoms with Gasteiger partial charge in [-0.25, -0.2) is 0 Å². The quantitative estimate of drug-likeness (QED) is 0.285. The Hall–Kier alpha value is -3.30. The molecule has 0 aliphatic rings. The fourth-order valence-corrected chi connectivity index (χ4v) is 5.73. The van der Waals surface area contributed by atoms with Gasteiger partial charge in [0.2, 0.25) is 5.78 Å². The van der Waals surface area contributed by atoms with Crippen LogP contribution in [0, 0.1) is 6.92 Å². The molecule has 2 aromatic carbocycles. The lowest BCUT2D eigenvalue weighted by atomic mass is 10.1. The minimum atomic E-state index is -0.0411. The van der Waals surface area contributed by atoms with E-state index in [0.717, 1.165) is 22.0 Å². The Labute approximate surface area is 205 Å². The van der Waals surface area contributed by atoms with Crippen LogP contribution in [-0.4, -0.2) is 33.4 Å². The lowest BCUT2D eigenvalue weighted by Crippen LogP contribution is -2.23. The van der Waals surface area contributed by atoms with Crippen molar-refractivity contribution >= 4 is 39.1 Å². The van der Waals surface area contributed by atoms with Crippen molar-refractivity contribution in [3.8, 4) is 11.5 Å². The molecule has 3 heterocycles. The van der Waals surface area contributed by atoms with Gasteiger partial charge in [-0.3, -0.25) is 13.8 Å². The van der Waals surface area contributed by atoms with E-state index < -0.39 is 0 Å². The fourth-order valence-electron chi connectivity index (χ4n) is 4.02. The van der Waals surface area contributed by atoms with Gasteiger partial charge >= 0.3 is 0 Å². The van der Waals surface area contributed by atoms with Crippen molar-refractivity contribution in [2.45, 2.75) is 30.8 Å². The molecule has 0 unspecified atom stereocenters. The van der Waals surface area contributed by atoms with Crippen molar-refractivity contribution in [3.63, 3.8) is 0 Å². The van der Waals surface area contributed by atoms with E-state index in [1.54, 1.807) is 30.5 Å². The van der Waals surface area contributed by atoms with Gasteiger partial charge in [0, 0.05) is 12.3 Å². The van der Waals surface area contributed by atoms with Crippen LogP contribution >= 0.6 is 23.1 Å². The SMILES string of the molecule is COc1ccc(CCn2c(=O)c3sccc3n3c(SCc4cccc(C)c4)nnc23)cc1OC. The van der Waals surface area contributed by atoms with E-state index in [9.17, 15) is 4.79 Å². The molecule has 0 fully saturated rings. The molecule has 3 aromatic heterocycles. The van der Waals surface area contributed by atoms with Crippen LogP contribution in [0.5, 0.6) is 11.5 Å². The van der Waals surface area contributed by atoms with Gasteiger partial charge in [-0.15, -0.1) is 21.5 Å². The maximum absolute atomic E-state index is 13.3. The van der Waals surface area contributed by atoms with Crippen molar-refractivity contribution < 1.29 is 9.47 Å². The Balaban J connectivity index is 1.49. The van der Waals surface area contributed by atoms with E-state index in [1.165, 1.54) is 22.5 Å². The van der Waals surface area contributed by atoms with Gasteiger partial charge in [0.1, 0.15) is 4.70 Å². The zero-order chi connectivity index (χ0) is 23.7. The Kier molecular flexibility index (Phi) is 6.30. The van der Waals surface area contributed by atoms with E-state index in [0.29, 0.717) is 34.9 Å². The van der Waals surface area contributed by atoms with Crippen LogP contribution in [-0.2, 0) is 18.7 Å². The molecule has 34 heavy (non-hydrogen) atoms. The molecule has 0 saturated carbocycles. The molecule has 0 atom stereocenters. The van der Waals surface area contributed by atoms with E-state index in [1.807, 2.05) is 34.0 Å². The Morgan fingerprint density at radius 1 is 1.00 bits per heavy atom. The van der Waals surface area contributed by atoms with Crippen LogP contribution in [0.3, 0.4) is 0 Å². The van der Waals surface area contributed by atoms with Gasteiger partial charge in [0.15, 0.2) is 16.7 Å². The first-order valence-corrected chi connectivity index (χ1v) is 12.7. The van der Waals surface area contributed by atoms with Gasteiger partial charge in [0.05, 0.1) is 19.7 Å². The summed E-state index contributed by atoms with van der Waals surface area (Å²) in [6, 6.07) is 16.2. The van der Waals surface area contributed by atoms with Crippen molar-refractivity contribution in [2.24, 2.45) is 0 Å². The lowest BCUT2D eigenvalue weighted by molar-refractivity contribution is 0.354. The van der Waals surface area contributed by atoms with Crippen LogP contribution in [0.4, 0.5) is 0 Å². The number of aryl methyl sites for hydroxylation is 3. The number of ether oxygens (including phenoxy) is 2. The molecular formula is C25H24N4O3S2. The second kappa shape index (κ2) is 9.52. The molecule has 9 heteroatoms. The number of nitrogens with zero attached hydrogens (tertiary/aromatic N) is 4. The van der Waals surface area contributed by atoms with Crippen molar-refractivity contribution in [1.29, 1.82) is 0 Å². The lowest BCUT2D eigenvalue weighted by Gasteiger charge is -2.11. The predicted octanol–water partition coefficient (Wildman–Crippen LogP) is 4.97. The third-order valence-corrected chi connectivity index (χ3v) is 7.60. The summed E-state index contributed by atoms with van der Waals surface area (Å²) in [6.07, 6.45) is 0.644. The first kappa shape index (κ1) is 22.5. The van der Waals surface area contributed by atoms with Crippen LogP contribution in [0.15, 0.2) is 63.9 Å². The van der Waals surface area contributed by atoms with Crippen LogP contribution < -0.4 is 15.0 Å². The number of hydrogen-bond donors (Lipinski definition) is 0. The third kappa shape index (κ3) is 4.17. The number of thioether (sulfide) groups is 1. The first-order chi connectivity index (χ1) is 16.6. The van der Waals surface area contributed by atoms with Gasteiger partial charge < -0.3 is 9.47 Å². The Bertz CT molecular complexity index is 1540. The highest BCUT2D eigenvalue weighted by Gasteiger charge is 2.18. The second-order valence-electron chi connectivity index (χ2n) is 7.93. The number of benzene rings is 2. The van der Waals surface area contributed by atoms with E-state index in [2.05, 4.69) is 41.4 Å². The maximum atomic E-state index is 13.3. The van der Waals surface area contributed by atoms with Crippen LogP contribution in [0.2, 0.25) is 0 Å². The van der Waals surface area contributed by atoms with Gasteiger partial charge in [0.25, 0.3) is 5.56 Å². The normalized spacial score (nSPS) is 11.4. The molecular weight excluding hydrogens is 468 g/mol. The summed E-state index contributed by atoms with van der Waals surface area (Å²) in [4.78, 5) is 13.3. The van der Waals surface area contributed by atoms with Crippen LogP contribution in [0.25, 0.3) is 16.0 Å². The summed E-state index contributed by atoms with van der Waals surface area (Å²) in [7, 11) is 3.23. The van der Waals surface area contributed by atoms with Crippen molar-refractivity contribution in [3.05, 3.63) is 81.0 Å². The maximum Gasteiger partial charge on any atom is 0.272 e. The van der Waals surface area contributed by atoms with E-state index in [-0.39, 0.29) is 5.56 Å². The summed E-state index contributed by atoms with van der Waals surface area (Å²) >= 11 is 3.07. The van der Waals surface area contributed by atoms with Gasteiger partial charge in [-0.2, -0.15) is 0 Å². The molecule has 174 valence electrons. The zero-order valence-electron chi connectivity index (χ0n) is 19.1. The van der Waals surface area contributed by atoms with Crippen molar-refractivity contribution in [1.82, 2.24) is 19.2 Å². The summed E-state index contributed by atoms with van der Waals surface area (Å²) in [6.45, 7) is 2.57. The minimum Gasteiger partial charge on any atom is -0.493 e. The number of hydrogen-bond acceptors (Lipinski definition) is 7. The molecule has 7 nitrogen and oxygen atoms in total. The smallest absolute Gasteiger partial charge is 0.272 e. The number of aromatic nitrogens is 4. The van der Waals surface area contributed by atoms with E-state index in [4.69, 9.17) is 9.47 Å². The molecule has 5 aromatic rings. The molecule has 5 rings (SSSR count). The molecule has 0 aliphatic carbocycles. The first-order valence-electron chi connectivity index (χ1n) is 10.8. The number of methoxy groups -OCH3 is 2. The number of fused-ring (bicyclic) bond motifs is 3. The monoisotopic (exact) mass is 492 g/mol. The molecule has 0 spiro atoms. The molecule has 0 radical (unpaired) electrons. The second-order valence-corrected chi connectivity index (χ2v) is 9.79. The molecule has 0 N–H and O–H groups in total. The van der Waals surface area contributed by atoms with E-state index >= 15 is 0 Å². The molecule has 0 bridgehead atoms. The molecule has 0 aliphatic heterocycles. The largest absolute Gasteiger partial charge is 0.493 e.